The molecule has 2 aromatic heterocycles. The van der Waals surface area contributed by atoms with Gasteiger partial charge in [0.25, 0.3) is 0 Å². The lowest BCUT2D eigenvalue weighted by atomic mass is 9.86. The van der Waals surface area contributed by atoms with E-state index in [1.807, 2.05) is 20.2 Å². The van der Waals surface area contributed by atoms with Crippen molar-refractivity contribution in [3.8, 4) is 23.2 Å². The normalized spacial score (nSPS) is 21.0. The fourth-order valence-electron chi connectivity index (χ4n) is 6.63. The van der Waals surface area contributed by atoms with Gasteiger partial charge < -0.3 is 25.0 Å². The fourth-order valence-corrected chi connectivity index (χ4v) is 7.87. The van der Waals surface area contributed by atoms with Crippen LogP contribution in [0.2, 0.25) is 5.02 Å². The summed E-state index contributed by atoms with van der Waals surface area (Å²) in [5.41, 5.74) is 6.28. The number of halogens is 3. The Labute approximate surface area is 257 Å². The monoisotopic (exact) mass is 624 g/mol. The number of hydrogen-bond acceptors (Lipinski definition) is 9. The molecule has 8 nitrogen and oxygen atoms in total. The molecule has 4 heterocycles. The molecule has 0 bridgehead atoms. The zero-order valence-electron chi connectivity index (χ0n) is 24.0. The summed E-state index contributed by atoms with van der Waals surface area (Å²) in [4.78, 5) is 13.7. The van der Waals surface area contributed by atoms with Crippen molar-refractivity contribution in [1.29, 1.82) is 5.26 Å². The highest BCUT2D eigenvalue weighted by molar-refractivity contribution is 7.23. The summed E-state index contributed by atoms with van der Waals surface area (Å²) in [7, 11) is 4.07. The molecule has 3 aliphatic rings. The Morgan fingerprint density at radius 2 is 2.02 bits per heavy atom. The lowest BCUT2D eigenvalue weighted by Gasteiger charge is -2.48. The first-order valence-corrected chi connectivity index (χ1v) is 15.6. The second kappa shape index (κ2) is 10.4. The maximum absolute atomic E-state index is 16.8. The van der Waals surface area contributed by atoms with E-state index in [-0.39, 0.29) is 59.3 Å². The van der Waals surface area contributed by atoms with Gasteiger partial charge in [0.15, 0.2) is 5.82 Å². The number of nitrogens with zero attached hydrogens (tertiary/aromatic N) is 5. The van der Waals surface area contributed by atoms with E-state index < -0.39 is 11.6 Å². The Morgan fingerprint density at radius 3 is 2.70 bits per heavy atom. The number of thiophene rings is 1. The summed E-state index contributed by atoms with van der Waals surface area (Å²) in [6.07, 6.45) is 4.92. The molecular weight excluding hydrogens is 594 g/mol. The fraction of sp³-hybridized carbons (Fsp3) is 0.452. The maximum atomic E-state index is 16.8. The molecule has 1 atom stereocenters. The van der Waals surface area contributed by atoms with Gasteiger partial charge in [-0.05, 0) is 57.5 Å². The van der Waals surface area contributed by atoms with Crippen LogP contribution in [0.3, 0.4) is 0 Å². The molecule has 12 heteroatoms. The van der Waals surface area contributed by atoms with Crippen LogP contribution < -0.4 is 15.4 Å². The Morgan fingerprint density at radius 1 is 1.23 bits per heavy atom. The third-order valence-electron chi connectivity index (χ3n) is 8.96. The van der Waals surface area contributed by atoms with Crippen LogP contribution in [0.25, 0.3) is 32.1 Å². The minimum absolute atomic E-state index is 0.0208. The molecule has 2 aliphatic heterocycles. The molecule has 3 fully saturated rings. The Hall–Kier alpha value is -3.30. The third kappa shape index (κ3) is 4.85. The summed E-state index contributed by atoms with van der Waals surface area (Å²) >= 11 is 7.78. The zero-order valence-corrected chi connectivity index (χ0v) is 25.5. The topological polar surface area (TPSA) is 101 Å². The highest BCUT2D eigenvalue weighted by Gasteiger charge is 2.45. The number of piperidine rings is 1. The van der Waals surface area contributed by atoms with E-state index in [2.05, 4.69) is 14.8 Å². The summed E-state index contributed by atoms with van der Waals surface area (Å²) in [6, 6.07) is 6.46. The smallest absolute Gasteiger partial charge is 0.319 e. The molecule has 0 amide bonds. The van der Waals surface area contributed by atoms with Gasteiger partial charge in [-0.3, -0.25) is 0 Å². The van der Waals surface area contributed by atoms with Crippen molar-refractivity contribution >= 4 is 54.7 Å². The Bertz CT molecular complexity index is 1810. The van der Waals surface area contributed by atoms with Gasteiger partial charge in [-0.15, -0.1) is 11.3 Å². The number of nitrogens with two attached hydrogens (primary N) is 1. The Balaban J connectivity index is 1.39. The van der Waals surface area contributed by atoms with Gasteiger partial charge in [0.2, 0.25) is 0 Å². The first kappa shape index (κ1) is 28.5. The van der Waals surface area contributed by atoms with Crippen molar-refractivity contribution in [2.45, 2.75) is 37.7 Å². The predicted molar refractivity (Wildman–Crippen MR) is 165 cm³/mol. The van der Waals surface area contributed by atoms with E-state index in [1.54, 1.807) is 6.07 Å². The van der Waals surface area contributed by atoms with Crippen LogP contribution in [0, 0.1) is 28.4 Å². The standard InChI is InChI=1S/C31H31ClF2N6O2S/c1-39(2)14-30(7-8-30)16-41-29-37-25-18(28(38-29)40-10-3-6-31(15-40)9-11-42-31)12-20(32)23(24(25)34)17-4-5-21(33)26-22(17)19(13-35)27(36)43-26/h4-5,12H,3,6-11,14-16,36H2,1-2H3/t31-/m0/s1. The van der Waals surface area contributed by atoms with Crippen LogP contribution in [0.15, 0.2) is 18.2 Å². The van der Waals surface area contributed by atoms with Crippen molar-refractivity contribution < 1.29 is 18.3 Å². The van der Waals surface area contributed by atoms with Gasteiger partial charge in [0, 0.05) is 47.8 Å². The summed E-state index contributed by atoms with van der Waals surface area (Å²) in [5.74, 6) is -0.696. The molecule has 7 rings (SSSR count). The third-order valence-corrected chi connectivity index (χ3v) is 10.3. The second-order valence-electron chi connectivity index (χ2n) is 12.4. The first-order chi connectivity index (χ1) is 20.6. The van der Waals surface area contributed by atoms with Crippen LogP contribution in [0.4, 0.5) is 19.6 Å². The second-order valence-corrected chi connectivity index (χ2v) is 13.8. The number of nitrogen functional groups attached to an aromatic ring is 1. The molecule has 0 radical (unpaired) electrons. The maximum Gasteiger partial charge on any atom is 0.319 e. The predicted octanol–water partition coefficient (Wildman–Crippen LogP) is 6.38. The molecule has 2 saturated heterocycles. The summed E-state index contributed by atoms with van der Waals surface area (Å²) in [5, 5.41) is 10.8. The zero-order chi connectivity index (χ0) is 30.1. The van der Waals surface area contributed by atoms with E-state index >= 15 is 4.39 Å². The van der Waals surface area contributed by atoms with Gasteiger partial charge in [-0.1, -0.05) is 17.7 Å². The number of fused-ring (bicyclic) bond motifs is 2. The van der Waals surface area contributed by atoms with E-state index in [0.717, 1.165) is 63.1 Å². The molecule has 1 saturated carbocycles. The molecular formula is C31H31ClF2N6O2S. The van der Waals surface area contributed by atoms with Crippen molar-refractivity contribution in [3.63, 3.8) is 0 Å². The van der Waals surface area contributed by atoms with E-state index in [0.29, 0.717) is 24.4 Å². The van der Waals surface area contributed by atoms with Crippen molar-refractivity contribution in [1.82, 2.24) is 14.9 Å². The highest BCUT2D eigenvalue weighted by atomic mass is 35.5. The molecule has 224 valence electrons. The molecule has 43 heavy (non-hydrogen) atoms. The van der Waals surface area contributed by atoms with Crippen LogP contribution in [0.1, 0.15) is 37.7 Å². The van der Waals surface area contributed by atoms with Crippen LogP contribution >= 0.6 is 22.9 Å². The number of anilines is 2. The SMILES string of the molecule is CN(C)CC1(COc2nc(N3CCC[C@]4(CCO4)C3)c3cc(Cl)c(-c4ccc(F)c5sc(N)c(C#N)c45)c(F)c3n2)CC1. The van der Waals surface area contributed by atoms with Crippen LogP contribution in [-0.2, 0) is 4.74 Å². The molecule has 1 aliphatic carbocycles. The molecule has 2 aromatic carbocycles. The molecule has 0 unspecified atom stereocenters. The quantitative estimate of drug-likeness (QED) is 0.253. The number of rotatable bonds is 7. The largest absolute Gasteiger partial charge is 0.463 e. The number of hydrogen-bond donors (Lipinski definition) is 1. The number of nitriles is 1. The van der Waals surface area contributed by atoms with Gasteiger partial charge in [-0.2, -0.15) is 15.2 Å². The highest BCUT2D eigenvalue weighted by Crippen LogP contribution is 2.48. The first-order valence-electron chi connectivity index (χ1n) is 14.4. The number of ether oxygens (including phenoxy) is 2. The molecule has 1 spiro atoms. The Kier molecular flexibility index (Phi) is 6.89. The average molecular weight is 625 g/mol. The minimum atomic E-state index is -0.696. The van der Waals surface area contributed by atoms with Gasteiger partial charge in [0.1, 0.15) is 28.2 Å². The number of aromatic nitrogens is 2. The molecule has 2 N–H and O–H groups in total. The van der Waals surface area contributed by atoms with Gasteiger partial charge >= 0.3 is 6.01 Å². The molecule has 4 aromatic rings. The lowest BCUT2D eigenvalue weighted by molar-refractivity contribution is -0.151. The van der Waals surface area contributed by atoms with E-state index in [9.17, 15) is 9.65 Å². The van der Waals surface area contributed by atoms with E-state index in [4.69, 9.17) is 31.8 Å². The number of benzene rings is 2. The van der Waals surface area contributed by atoms with Gasteiger partial charge in [-0.25, -0.2) is 8.78 Å². The van der Waals surface area contributed by atoms with Gasteiger partial charge in [0.05, 0.1) is 34.1 Å². The average Bonchev–Trinajstić information content (AvgIpc) is 3.63. The van der Waals surface area contributed by atoms with Crippen molar-refractivity contribution in [2.24, 2.45) is 5.41 Å². The van der Waals surface area contributed by atoms with Crippen molar-refractivity contribution in [3.05, 3.63) is 40.4 Å². The van der Waals surface area contributed by atoms with E-state index in [1.165, 1.54) is 12.1 Å². The summed E-state index contributed by atoms with van der Waals surface area (Å²) < 4.78 is 44.0. The minimum Gasteiger partial charge on any atom is -0.463 e. The van der Waals surface area contributed by atoms with Crippen LogP contribution in [0.5, 0.6) is 6.01 Å². The summed E-state index contributed by atoms with van der Waals surface area (Å²) in [6.45, 7) is 3.37. The van der Waals surface area contributed by atoms with Crippen LogP contribution in [-0.4, -0.2) is 67.4 Å². The van der Waals surface area contributed by atoms with Crippen molar-refractivity contribution in [2.75, 3.05) is 57.6 Å². The lowest BCUT2D eigenvalue weighted by Crippen LogP contribution is -2.56.